The summed E-state index contributed by atoms with van der Waals surface area (Å²) in [6.07, 6.45) is 1.10. The van der Waals surface area contributed by atoms with Gasteiger partial charge in [0.25, 0.3) is 5.91 Å². The van der Waals surface area contributed by atoms with Gasteiger partial charge in [0.1, 0.15) is 5.75 Å². The standard InChI is InChI=1S/C21H33N3O5S/c1-21(2,3)16-6-7-18-17(14-16)24(30(4,26)27)15-19(29-18)20(25)22-8-5-9-23-10-12-28-13-11-23/h6-7,14,19H,5,8-13,15H2,1-4H3,(H,22,25)/t19-/m0/s1. The molecule has 0 radical (unpaired) electrons. The topological polar surface area (TPSA) is 88.2 Å². The predicted molar refractivity (Wildman–Crippen MR) is 117 cm³/mol. The monoisotopic (exact) mass is 439 g/mol. The lowest BCUT2D eigenvalue weighted by molar-refractivity contribution is -0.127. The number of anilines is 1. The Kier molecular flexibility index (Phi) is 6.94. The van der Waals surface area contributed by atoms with Crippen molar-refractivity contribution >= 4 is 21.6 Å². The normalized spacial score (nSPS) is 20.4. The minimum absolute atomic E-state index is 0.0330. The third-order valence-electron chi connectivity index (χ3n) is 5.44. The van der Waals surface area contributed by atoms with Crippen LogP contribution in [-0.2, 0) is 25.0 Å². The highest BCUT2D eigenvalue weighted by Gasteiger charge is 2.35. The highest BCUT2D eigenvalue weighted by atomic mass is 32.2. The lowest BCUT2D eigenvalue weighted by Crippen LogP contribution is -2.50. The second kappa shape index (κ2) is 9.11. The first-order valence-electron chi connectivity index (χ1n) is 10.4. The van der Waals surface area contributed by atoms with E-state index in [4.69, 9.17) is 9.47 Å². The average Bonchev–Trinajstić information content (AvgIpc) is 2.69. The Labute approximate surface area is 179 Å². The Morgan fingerprint density at radius 2 is 1.93 bits per heavy atom. The quantitative estimate of drug-likeness (QED) is 0.673. The molecule has 9 heteroatoms. The van der Waals surface area contributed by atoms with E-state index in [9.17, 15) is 13.2 Å². The SMILES string of the molecule is CC(C)(C)c1ccc2c(c1)N(S(C)(=O)=O)C[C@@H](C(=O)NCCCN1CCOCC1)O2. The minimum Gasteiger partial charge on any atom is -0.476 e. The van der Waals surface area contributed by atoms with E-state index < -0.39 is 16.1 Å². The van der Waals surface area contributed by atoms with Crippen molar-refractivity contribution in [3.8, 4) is 5.75 Å². The van der Waals surface area contributed by atoms with Gasteiger partial charge < -0.3 is 14.8 Å². The van der Waals surface area contributed by atoms with E-state index in [0.29, 0.717) is 18.0 Å². The van der Waals surface area contributed by atoms with Gasteiger partial charge in [0.05, 0.1) is 31.7 Å². The maximum atomic E-state index is 12.7. The highest BCUT2D eigenvalue weighted by Crippen LogP contribution is 2.38. The number of carbonyl (C=O) groups excluding carboxylic acids is 1. The highest BCUT2D eigenvalue weighted by molar-refractivity contribution is 7.92. The van der Waals surface area contributed by atoms with Gasteiger partial charge in [-0.15, -0.1) is 0 Å². The van der Waals surface area contributed by atoms with Gasteiger partial charge in [-0.3, -0.25) is 14.0 Å². The number of amides is 1. The molecule has 0 aliphatic carbocycles. The van der Waals surface area contributed by atoms with Crippen LogP contribution in [0.15, 0.2) is 18.2 Å². The van der Waals surface area contributed by atoms with Crippen molar-refractivity contribution in [3.05, 3.63) is 23.8 Å². The second-order valence-electron chi connectivity index (χ2n) is 8.93. The van der Waals surface area contributed by atoms with Crippen molar-refractivity contribution < 1.29 is 22.7 Å². The van der Waals surface area contributed by atoms with Crippen LogP contribution >= 0.6 is 0 Å². The molecule has 0 spiro atoms. The summed E-state index contributed by atoms with van der Waals surface area (Å²) in [6, 6.07) is 5.51. The molecule has 0 saturated carbocycles. The van der Waals surface area contributed by atoms with E-state index in [0.717, 1.165) is 51.1 Å². The third kappa shape index (κ3) is 5.65. The van der Waals surface area contributed by atoms with Crippen LogP contribution in [0.2, 0.25) is 0 Å². The van der Waals surface area contributed by atoms with Crippen molar-refractivity contribution in [1.29, 1.82) is 0 Å². The molecule has 1 saturated heterocycles. The second-order valence-corrected chi connectivity index (χ2v) is 10.8. The van der Waals surface area contributed by atoms with E-state index in [1.807, 2.05) is 12.1 Å². The molecule has 1 atom stereocenters. The van der Waals surface area contributed by atoms with Crippen LogP contribution in [0.1, 0.15) is 32.8 Å². The Bertz CT molecular complexity index is 860. The molecule has 1 aromatic carbocycles. The van der Waals surface area contributed by atoms with Crippen molar-refractivity contribution in [2.75, 3.05) is 56.5 Å². The molecule has 1 N–H and O–H groups in total. The van der Waals surface area contributed by atoms with E-state index in [2.05, 4.69) is 31.0 Å². The summed E-state index contributed by atoms with van der Waals surface area (Å²) in [5.41, 5.74) is 1.36. The third-order valence-corrected chi connectivity index (χ3v) is 6.59. The first-order valence-corrected chi connectivity index (χ1v) is 12.3. The van der Waals surface area contributed by atoms with Crippen LogP contribution < -0.4 is 14.4 Å². The summed E-state index contributed by atoms with van der Waals surface area (Å²) in [5.74, 6) is 0.115. The number of fused-ring (bicyclic) bond motifs is 1. The average molecular weight is 440 g/mol. The first-order chi connectivity index (χ1) is 14.1. The summed E-state index contributed by atoms with van der Waals surface area (Å²) >= 11 is 0. The zero-order valence-corrected chi connectivity index (χ0v) is 19.1. The molecule has 0 unspecified atom stereocenters. The molecule has 1 aromatic rings. The smallest absolute Gasteiger partial charge is 0.263 e. The van der Waals surface area contributed by atoms with Crippen LogP contribution in [0.25, 0.3) is 0 Å². The van der Waals surface area contributed by atoms with Gasteiger partial charge in [0, 0.05) is 19.6 Å². The van der Waals surface area contributed by atoms with Gasteiger partial charge in [-0.2, -0.15) is 0 Å². The van der Waals surface area contributed by atoms with Crippen LogP contribution in [0.4, 0.5) is 5.69 Å². The Morgan fingerprint density at radius 3 is 2.57 bits per heavy atom. The first kappa shape index (κ1) is 22.8. The number of ether oxygens (including phenoxy) is 2. The van der Waals surface area contributed by atoms with Crippen molar-refractivity contribution in [3.63, 3.8) is 0 Å². The van der Waals surface area contributed by atoms with E-state index in [1.54, 1.807) is 6.07 Å². The summed E-state index contributed by atoms with van der Waals surface area (Å²) < 4.78 is 37.4. The van der Waals surface area contributed by atoms with E-state index in [1.165, 1.54) is 4.31 Å². The van der Waals surface area contributed by atoms with Crippen molar-refractivity contribution in [2.45, 2.75) is 38.7 Å². The molecule has 0 aromatic heterocycles. The summed E-state index contributed by atoms with van der Waals surface area (Å²) in [4.78, 5) is 15.0. The predicted octanol–water partition coefficient (Wildman–Crippen LogP) is 1.35. The van der Waals surface area contributed by atoms with Crippen molar-refractivity contribution in [2.24, 2.45) is 0 Å². The fourth-order valence-electron chi connectivity index (χ4n) is 3.62. The number of rotatable bonds is 6. The van der Waals surface area contributed by atoms with Gasteiger partial charge in [-0.1, -0.05) is 26.8 Å². The maximum Gasteiger partial charge on any atom is 0.263 e. The molecule has 3 rings (SSSR count). The number of benzene rings is 1. The van der Waals surface area contributed by atoms with Crippen LogP contribution in [-0.4, -0.2) is 77.5 Å². The molecule has 168 valence electrons. The molecule has 30 heavy (non-hydrogen) atoms. The molecular formula is C21H33N3O5S. The van der Waals surface area contributed by atoms with Crippen LogP contribution in [0.3, 0.4) is 0 Å². The molecule has 2 aliphatic heterocycles. The molecular weight excluding hydrogens is 406 g/mol. The molecule has 8 nitrogen and oxygen atoms in total. The summed E-state index contributed by atoms with van der Waals surface area (Å²) in [7, 11) is -3.55. The number of nitrogens with one attached hydrogen (secondary N) is 1. The van der Waals surface area contributed by atoms with Gasteiger partial charge in [-0.25, -0.2) is 8.42 Å². The summed E-state index contributed by atoms with van der Waals surface area (Å²) in [6.45, 7) is 10.9. The van der Waals surface area contributed by atoms with Crippen LogP contribution in [0, 0.1) is 0 Å². The lowest BCUT2D eigenvalue weighted by atomic mass is 9.86. The number of sulfonamides is 1. The minimum atomic E-state index is -3.55. The maximum absolute atomic E-state index is 12.7. The van der Waals surface area contributed by atoms with E-state index >= 15 is 0 Å². The van der Waals surface area contributed by atoms with Gasteiger partial charge in [-0.05, 0) is 36.1 Å². The Balaban J connectivity index is 1.65. The van der Waals surface area contributed by atoms with Crippen molar-refractivity contribution in [1.82, 2.24) is 10.2 Å². The number of hydrogen-bond acceptors (Lipinski definition) is 6. The van der Waals surface area contributed by atoms with Gasteiger partial charge in [0.15, 0.2) is 6.10 Å². The zero-order valence-electron chi connectivity index (χ0n) is 18.3. The fraction of sp³-hybridized carbons (Fsp3) is 0.667. The molecule has 2 aliphatic rings. The largest absolute Gasteiger partial charge is 0.476 e. The number of nitrogens with zero attached hydrogens (tertiary/aromatic N) is 2. The molecule has 1 fully saturated rings. The Hall–Kier alpha value is -1.84. The summed E-state index contributed by atoms with van der Waals surface area (Å²) in [5, 5.41) is 2.89. The number of hydrogen-bond donors (Lipinski definition) is 1. The van der Waals surface area contributed by atoms with E-state index in [-0.39, 0.29) is 17.9 Å². The lowest BCUT2D eigenvalue weighted by Gasteiger charge is -2.35. The molecule has 0 bridgehead atoms. The number of morpholine rings is 1. The molecule has 2 heterocycles. The number of carbonyl (C=O) groups is 1. The van der Waals surface area contributed by atoms with Gasteiger partial charge >= 0.3 is 0 Å². The Morgan fingerprint density at radius 1 is 1.23 bits per heavy atom. The van der Waals surface area contributed by atoms with Gasteiger partial charge in [0.2, 0.25) is 10.0 Å². The van der Waals surface area contributed by atoms with Crippen LogP contribution in [0.5, 0.6) is 5.75 Å². The fourth-order valence-corrected chi connectivity index (χ4v) is 4.53. The zero-order chi connectivity index (χ0) is 21.9. The molecule has 1 amide bonds.